The summed E-state index contributed by atoms with van der Waals surface area (Å²) < 4.78 is 1.46. The lowest BCUT2D eigenvalue weighted by Crippen LogP contribution is -2.24. The molecule has 0 saturated carbocycles. The van der Waals surface area contributed by atoms with E-state index in [2.05, 4.69) is 17.0 Å². The Bertz CT molecular complexity index is 343. The molecule has 76 valence electrons. The Morgan fingerprint density at radius 3 is 3.07 bits per heavy atom. The fourth-order valence-electron chi connectivity index (χ4n) is 1.00. The van der Waals surface area contributed by atoms with Gasteiger partial charge in [-0.15, -0.1) is 6.58 Å². The van der Waals surface area contributed by atoms with E-state index >= 15 is 0 Å². The van der Waals surface area contributed by atoms with Crippen molar-refractivity contribution in [2.24, 2.45) is 7.05 Å². The Balaban J connectivity index is 2.61. The third-order valence-corrected chi connectivity index (χ3v) is 1.86. The van der Waals surface area contributed by atoms with Crippen molar-refractivity contribution in [2.75, 3.05) is 12.3 Å². The average molecular weight is 194 g/mol. The van der Waals surface area contributed by atoms with Gasteiger partial charge in [-0.2, -0.15) is 5.10 Å². The van der Waals surface area contributed by atoms with Gasteiger partial charge in [0.2, 0.25) is 0 Å². The van der Waals surface area contributed by atoms with E-state index in [0.29, 0.717) is 17.9 Å². The van der Waals surface area contributed by atoms with Crippen LogP contribution in [0.25, 0.3) is 0 Å². The summed E-state index contributed by atoms with van der Waals surface area (Å²) in [4.78, 5) is 11.5. The predicted octanol–water partition coefficient (Wildman–Crippen LogP) is 0.308. The molecule has 0 aliphatic heterocycles. The average Bonchev–Trinajstić information content (AvgIpc) is 2.48. The monoisotopic (exact) mass is 194 g/mol. The lowest BCUT2D eigenvalue weighted by atomic mass is 10.3. The van der Waals surface area contributed by atoms with E-state index in [0.717, 1.165) is 6.42 Å². The van der Waals surface area contributed by atoms with Crippen LogP contribution < -0.4 is 11.1 Å². The first-order valence-electron chi connectivity index (χ1n) is 4.33. The number of aromatic nitrogens is 2. The maximum atomic E-state index is 11.5. The first-order chi connectivity index (χ1) is 6.66. The topological polar surface area (TPSA) is 72.9 Å². The van der Waals surface area contributed by atoms with E-state index in [1.54, 1.807) is 13.1 Å². The zero-order valence-corrected chi connectivity index (χ0v) is 8.16. The normalized spacial score (nSPS) is 9.79. The van der Waals surface area contributed by atoms with Crippen molar-refractivity contribution < 1.29 is 4.79 Å². The van der Waals surface area contributed by atoms with E-state index in [1.165, 1.54) is 10.9 Å². The van der Waals surface area contributed by atoms with Crippen LogP contribution in [0.5, 0.6) is 0 Å². The number of carbonyl (C=O) groups excluding carboxylic acids is 1. The van der Waals surface area contributed by atoms with Crippen LogP contribution in [0.15, 0.2) is 18.9 Å². The Kier molecular flexibility index (Phi) is 3.28. The summed E-state index contributed by atoms with van der Waals surface area (Å²) in [6.45, 7) is 4.13. The molecule has 14 heavy (non-hydrogen) atoms. The lowest BCUT2D eigenvalue weighted by molar-refractivity contribution is 0.0955. The van der Waals surface area contributed by atoms with Crippen molar-refractivity contribution in [1.82, 2.24) is 15.1 Å². The Hall–Kier alpha value is -1.78. The van der Waals surface area contributed by atoms with Crippen molar-refractivity contribution in [2.45, 2.75) is 6.42 Å². The highest BCUT2D eigenvalue weighted by Gasteiger charge is 2.12. The molecule has 1 amide bonds. The van der Waals surface area contributed by atoms with Crippen molar-refractivity contribution in [3.8, 4) is 0 Å². The number of hydrogen-bond acceptors (Lipinski definition) is 3. The molecular weight excluding hydrogens is 180 g/mol. The quantitative estimate of drug-likeness (QED) is 0.535. The molecule has 0 spiro atoms. The van der Waals surface area contributed by atoms with Gasteiger partial charge in [-0.1, -0.05) is 6.08 Å². The maximum Gasteiger partial charge on any atom is 0.256 e. The summed E-state index contributed by atoms with van der Waals surface area (Å²) in [7, 11) is 1.69. The molecular formula is C9H14N4O. The molecule has 0 saturated heterocycles. The van der Waals surface area contributed by atoms with Crippen molar-refractivity contribution >= 4 is 11.7 Å². The highest BCUT2D eigenvalue weighted by Crippen LogP contribution is 2.08. The molecule has 0 aliphatic rings. The van der Waals surface area contributed by atoms with Crippen LogP contribution in [0, 0.1) is 0 Å². The summed E-state index contributed by atoms with van der Waals surface area (Å²) in [6, 6.07) is 0. The van der Waals surface area contributed by atoms with Gasteiger partial charge in [0, 0.05) is 13.6 Å². The fourth-order valence-corrected chi connectivity index (χ4v) is 1.00. The molecule has 0 atom stereocenters. The molecule has 3 N–H and O–H groups in total. The molecule has 5 nitrogen and oxygen atoms in total. The summed E-state index contributed by atoms with van der Waals surface area (Å²) in [5.74, 6) is 0.179. The first kappa shape index (κ1) is 10.3. The zero-order chi connectivity index (χ0) is 10.6. The van der Waals surface area contributed by atoms with Gasteiger partial charge in [-0.05, 0) is 6.42 Å². The molecule has 5 heteroatoms. The second-order valence-corrected chi connectivity index (χ2v) is 2.90. The van der Waals surface area contributed by atoms with Gasteiger partial charge in [0.05, 0.1) is 6.20 Å². The van der Waals surface area contributed by atoms with Gasteiger partial charge in [-0.25, -0.2) is 0 Å². The number of nitrogens with one attached hydrogen (secondary N) is 1. The molecule has 1 heterocycles. The highest BCUT2D eigenvalue weighted by atomic mass is 16.1. The van der Waals surface area contributed by atoms with Crippen LogP contribution in [0.1, 0.15) is 16.8 Å². The van der Waals surface area contributed by atoms with Gasteiger partial charge in [0.15, 0.2) is 0 Å². The summed E-state index contributed by atoms with van der Waals surface area (Å²) in [5, 5.41) is 6.59. The van der Waals surface area contributed by atoms with Crippen LogP contribution >= 0.6 is 0 Å². The van der Waals surface area contributed by atoms with Crippen molar-refractivity contribution in [3.05, 3.63) is 24.4 Å². The Morgan fingerprint density at radius 1 is 1.86 bits per heavy atom. The number of anilines is 1. The summed E-state index contributed by atoms with van der Waals surface area (Å²) >= 11 is 0. The van der Waals surface area contributed by atoms with E-state index < -0.39 is 0 Å². The van der Waals surface area contributed by atoms with Gasteiger partial charge in [0.1, 0.15) is 11.4 Å². The summed E-state index contributed by atoms with van der Waals surface area (Å²) in [6.07, 6.45) is 3.94. The molecule has 1 rings (SSSR count). The minimum absolute atomic E-state index is 0.197. The second kappa shape index (κ2) is 4.45. The van der Waals surface area contributed by atoms with Gasteiger partial charge < -0.3 is 11.1 Å². The number of aryl methyl sites for hydroxylation is 1. The SMILES string of the molecule is C=CCCNC(=O)c1cnn(C)c1N. The number of nitrogen functional groups attached to an aromatic ring is 1. The molecule has 0 fully saturated rings. The summed E-state index contributed by atoms with van der Waals surface area (Å²) in [5.41, 5.74) is 6.04. The smallest absolute Gasteiger partial charge is 0.256 e. The molecule has 0 unspecified atom stereocenters. The molecule has 1 aromatic heterocycles. The third kappa shape index (κ3) is 2.12. The number of hydrogen-bond donors (Lipinski definition) is 2. The number of nitrogens with zero attached hydrogens (tertiary/aromatic N) is 2. The Morgan fingerprint density at radius 2 is 2.57 bits per heavy atom. The van der Waals surface area contributed by atoms with E-state index in [1.807, 2.05) is 0 Å². The number of nitrogens with two attached hydrogens (primary N) is 1. The zero-order valence-electron chi connectivity index (χ0n) is 8.16. The van der Waals surface area contributed by atoms with Crippen LogP contribution in [-0.2, 0) is 7.05 Å². The standard InChI is InChI=1S/C9H14N4O/c1-3-4-5-11-9(14)7-6-12-13(2)8(7)10/h3,6H,1,4-5,10H2,2H3,(H,11,14). The number of rotatable bonds is 4. The van der Waals surface area contributed by atoms with Crippen LogP contribution in [0.2, 0.25) is 0 Å². The molecule has 1 aromatic rings. The van der Waals surface area contributed by atoms with Crippen LogP contribution in [0.4, 0.5) is 5.82 Å². The van der Waals surface area contributed by atoms with Gasteiger partial charge >= 0.3 is 0 Å². The molecule has 0 radical (unpaired) electrons. The minimum Gasteiger partial charge on any atom is -0.383 e. The number of carbonyl (C=O) groups is 1. The maximum absolute atomic E-state index is 11.5. The lowest BCUT2D eigenvalue weighted by Gasteiger charge is -2.02. The Labute approximate surface area is 82.6 Å². The van der Waals surface area contributed by atoms with E-state index in [4.69, 9.17) is 5.73 Å². The van der Waals surface area contributed by atoms with Crippen molar-refractivity contribution in [1.29, 1.82) is 0 Å². The van der Waals surface area contributed by atoms with Gasteiger partial charge in [0.25, 0.3) is 5.91 Å². The molecule has 0 bridgehead atoms. The van der Waals surface area contributed by atoms with E-state index in [9.17, 15) is 4.79 Å². The number of amides is 1. The third-order valence-electron chi connectivity index (χ3n) is 1.86. The highest BCUT2D eigenvalue weighted by molar-refractivity contribution is 5.98. The van der Waals surface area contributed by atoms with E-state index in [-0.39, 0.29) is 5.91 Å². The molecule has 0 aliphatic carbocycles. The van der Waals surface area contributed by atoms with Crippen LogP contribution in [-0.4, -0.2) is 22.2 Å². The minimum atomic E-state index is -0.197. The predicted molar refractivity (Wildman–Crippen MR) is 54.8 cm³/mol. The largest absolute Gasteiger partial charge is 0.383 e. The van der Waals surface area contributed by atoms with Crippen LogP contribution in [0.3, 0.4) is 0 Å². The van der Waals surface area contributed by atoms with Gasteiger partial charge in [-0.3, -0.25) is 9.48 Å². The molecule has 0 aromatic carbocycles. The van der Waals surface area contributed by atoms with Crippen molar-refractivity contribution in [3.63, 3.8) is 0 Å². The second-order valence-electron chi connectivity index (χ2n) is 2.90. The first-order valence-corrected chi connectivity index (χ1v) is 4.33. The fraction of sp³-hybridized carbons (Fsp3) is 0.333.